The quantitative estimate of drug-likeness (QED) is 0.466. The van der Waals surface area contributed by atoms with E-state index in [9.17, 15) is 9.59 Å². The van der Waals surface area contributed by atoms with E-state index >= 15 is 0 Å². The molecular weight excluding hydrogens is 288 g/mol. The predicted molar refractivity (Wildman–Crippen MR) is 82.0 cm³/mol. The van der Waals surface area contributed by atoms with Crippen molar-refractivity contribution in [3.8, 4) is 5.75 Å². The minimum Gasteiger partial charge on any atom is -0.483 e. The Morgan fingerprint density at radius 3 is 2.05 bits per heavy atom. The zero-order valence-electron chi connectivity index (χ0n) is 11.5. The van der Waals surface area contributed by atoms with Crippen molar-refractivity contribution in [1.29, 1.82) is 0 Å². The minimum atomic E-state index is -1.24. The number of hydrogen-bond acceptors (Lipinski definition) is 3. The van der Waals surface area contributed by atoms with Crippen LogP contribution in [0.4, 0.5) is 0 Å². The van der Waals surface area contributed by atoms with Crippen molar-refractivity contribution in [2.75, 3.05) is 0 Å². The number of ketones is 2. The Balaban J connectivity index is 2.03. The van der Waals surface area contributed by atoms with Gasteiger partial charge in [0, 0.05) is 5.56 Å². The lowest BCUT2D eigenvalue weighted by Gasteiger charge is -2.16. The van der Waals surface area contributed by atoms with Crippen LogP contribution in [0, 0.1) is 0 Å². The molecule has 2 atom stereocenters. The zero-order chi connectivity index (χ0) is 15.2. The van der Waals surface area contributed by atoms with Crippen molar-refractivity contribution in [3.05, 3.63) is 66.2 Å². The van der Waals surface area contributed by atoms with E-state index in [0.717, 1.165) is 0 Å². The second kappa shape index (κ2) is 7.04. The standard InChI is InChI=1S/C17H15ClO3/c1-12(21-14-10-6-3-7-11-14)16(19)15(18)17(20)13-8-4-2-5-9-13/h2-12,15H,1H3. The Hall–Kier alpha value is -2.13. The monoisotopic (exact) mass is 302 g/mol. The molecular formula is C17H15ClO3. The molecule has 0 heterocycles. The van der Waals surface area contributed by atoms with E-state index in [1.165, 1.54) is 0 Å². The molecule has 2 unspecified atom stereocenters. The molecule has 2 aromatic carbocycles. The maximum Gasteiger partial charge on any atom is 0.198 e. The summed E-state index contributed by atoms with van der Waals surface area (Å²) in [6.07, 6.45) is -0.789. The molecule has 0 saturated heterocycles. The van der Waals surface area contributed by atoms with E-state index in [-0.39, 0.29) is 0 Å². The summed E-state index contributed by atoms with van der Waals surface area (Å²) in [6, 6.07) is 17.5. The third kappa shape index (κ3) is 3.92. The first-order valence-electron chi connectivity index (χ1n) is 6.58. The Morgan fingerprint density at radius 1 is 0.952 bits per heavy atom. The van der Waals surface area contributed by atoms with Crippen molar-refractivity contribution in [1.82, 2.24) is 0 Å². The molecule has 0 amide bonds. The van der Waals surface area contributed by atoms with Crippen molar-refractivity contribution < 1.29 is 14.3 Å². The lowest BCUT2D eigenvalue weighted by Crippen LogP contribution is -2.35. The number of benzene rings is 2. The summed E-state index contributed by atoms with van der Waals surface area (Å²) in [5, 5.41) is -1.24. The fourth-order valence-corrected chi connectivity index (χ4v) is 2.15. The SMILES string of the molecule is CC(Oc1ccccc1)C(=O)C(Cl)C(=O)c1ccccc1. The van der Waals surface area contributed by atoms with Crippen LogP contribution in [0.5, 0.6) is 5.75 Å². The number of Topliss-reactive ketones (excluding diaryl/α,β-unsaturated/α-hetero) is 2. The number of carbonyl (C=O) groups is 2. The highest BCUT2D eigenvalue weighted by Gasteiger charge is 2.30. The van der Waals surface area contributed by atoms with E-state index in [2.05, 4.69) is 0 Å². The van der Waals surface area contributed by atoms with Crippen LogP contribution in [-0.2, 0) is 4.79 Å². The minimum absolute atomic E-state index is 0.411. The second-order valence-corrected chi connectivity index (χ2v) is 5.00. The van der Waals surface area contributed by atoms with Gasteiger partial charge in [0.1, 0.15) is 5.75 Å². The molecule has 21 heavy (non-hydrogen) atoms. The fraction of sp³-hybridized carbons (Fsp3) is 0.176. The summed E-state index contributed by atoms with van der Waals surface area (Å²) in [6.45, 7) is 1.59. The number of ether oxygens (including phenoxy) is 1. The van der Waals surface area contributed by atoms with Gasteiger partial charge in [0.15, 0.2) is 23.0 Å². The smallest absolute Gasteiger partial charge is 0.198 e. The number of hydrogen-bond donors (Lipinski definition) is 0. The number of halogens is 1. The molecule has 108 valence electrons. The second-order valence-electron chi connectivity index (χ2n) is 4.57. The number of alkyl halides is 1. The summed E-state index contributed by atoms with van der Waals surface area (Å²) < 4.78 is 5.50. The molecule has 0 N–H and O–H groups in total. The van der Waals surface area contributed by atoms with Crippen LogP contribution < -0.4 is 4.74 Å². The Morgan fingerprint density at radius 2 is 1.48 bits per heavy atom. The first-order chi connectivity index (χ1) is 10.1. The van der Waals surface area contributed by atoms with Gasteiger partial charge in [-0.25, -0.2) is 0 Å². The normalized spacial score (nSPS) is 13.2. The largest absolute Gasteiger partial charge is 0.483 e. The third-order valence-corrected chi connectivity index (χ3v) is 3.41. The molecule has 0 fully saturated rings. The van der Waals surface area contributed by atoms with Crippen LogP contribution in [0.25, 0.3) is 0 Å². The fourth-order valence-electron chi connectivity index (χ4n) is 1.85. The van der Waals surface area contributed by atoms with Gasteiger partial charge in [0.05, 0.1) is 0 Å². The molecule has 2 aromatic rings. The van der Waals surface area contributed by atoms with Gasteiger partial charge in [-0.2, -0.15) is 0 Å². The van der Waals surface area contributed by atoms with Gasteiger partial charge in [-0.3, -0.25) is 9.59 Å². The van der Waals surface area contributed by atoms with Crippen LogP contribution in [-0.4, -0.2) is 23.0 Å². The van der Waals surface area contributed by atoms with E-state index in [1.807, 2.05) is 6.07 Å². The predicted octanol–water partition coefficient (Wildman–Crippen LogP) is 3.51. The molecule has 4 heteroatoms. The van der Waals surface area contributed by atoms with Crippen molar-refractivity contribution in [3.63, 3.8) is 0 Å². The highest BCUT2D eigenvalue weighted by Crippen LogP contribution is 2.16. The van der Waals surface area contributed by atoms with Crippen molar-refractivity contribution in [2.24, 2.45) is 0 Å². The Bertz CT molecular complexity index is 610. The summed E-state index contributed by atoms with van der Waals surface area (Å²) in [5.41, 5.74) is 0.415. The third-order valence-electron chi connectivity index (χ3n) is 3.00. The summed E-state index contributed by atoms with van der Waals surface area (Å²) in [4.78, 5) is 24.3. The molecule has 0 aliphatic rings. The molecule has 2 rings (SSSR count). The van der Waals surface area contributed by atoms with Crippen molar-refractivity contribution >= 4 is 23.2 Å². The first kappa shape index (κ1) is 15.3. The lowest BCUT2D eigenvalue weighted by molar-refractivity contribution is -0.123. The van der Waals surface area contributed by atoms with E-state index in [0.29, 0.717) is 11.3 Å². The van der Waals surface area contributed by atoms with Gasteiger partial charge in [0.25, 0.3) is 0 Å². The molecule has 0 aliphatic heterocycles. The Kier molecular flexibility index (Phi) is 5.12. The zero-order valence-corrected chi connectivity index (χ0v) is 12.3. The van der Waals surface area contributed by atoms with Crippen LogP contribution in [0.2, 0.25) is 0 Å². The average molecular weight is 303 g/mol. The maximum atomic E-state index is 12.2. The van der Waals surface area contributed by atoms with E-state index in [1.54, 1.807) is 61.5 Å². The van der Waals surface area contributed by atoms with Crippen molar-refractivity contribution in [2.45, 2.75) is 18.4 Å². The van der Waals surface area contributed by atoms with Crippen LogP contribution in [0.1, 0.15) is 17.3 Å². The van der Waals surface area contributed by atoms with Gasteiger partial charge >= 0.3 is 0 Å². The van der Waals surface area contributed by atoms with Crippen LogP contribution in [0.15, 0.2) is 60.7 Å². The molecule has 3 nitrogen and oxygen atoms in total. The summed E-state index contributed by atoms with van der Waals surface area (Å²) in [7, 11) is 0. The highest BCUT2D eigenvalue weighted by atomic mass is 35.5. The Labute approximate surface area is 128 Å². The first-order valence-corrected chi connectivity index (χ1v) is 7.02. The summed E-state index contributed by atoms with van der Waals surface area (Å²) >= 11 is 6.00. The van der Waals surface area contributed by atoms with Gasteiger partial charge in [0.2, 0.25) is 0 Å². The van der Waals surface area contributed by atoms with Gasteiger partial charge in [-0.1, -0.05) is 48.5 Å². The topological polar surface area (TPSA) is 43.4 Å². The molecule has 0 aromatic heterocycles. The lowest BCUT2D eigenvalue weighted by atomic mass is 10.0. The van der Waals surface area contributed by atoms with Crippen LogP contribution in [0.3, 0.4) is 0 Å². The summed E-state index contributed by atoms with van der Waals surface area (Å²) in [5.74, 6) is -0.297. The maximum absolute atomic E-state index is 12.2. The molecule has 0 radical (unpaired) electrons. The molecule has 0 aliphatic carbocycles. The van der Waals surface area contributed by atoms with Gasteiger partial charge in [-0.15, -0.1) is 11.6 Å². The molecule has 0 bridgehead atoms. The number of para-hydroxylation sites is 1. The number of carbonyl (C=O) groups excluding carboxylic acids is 2. The van der Waals surface area contributed by atoms with Gasteiger partial charge < -0.3 is 4.74 Å². The van der Waals surface area contributed by atoms with E-state index in [4.69, 9.17) is 16.3 Å². The average Bonchev–Trinajstić information content (AvgIpc) is 2.54. The number of rotatable bonds is 6. The molecule has 0 saturated carbocycles. The highest BCUT2D eigenvalue weighted by molar-refractivity contribution is 6.44. The van der Waals surface area contributed by atoms with Gasteiger partial charge in [-0.05, 0) is 19.1 Å². The van der Waals surface area contributed by atoms with E-state index < -0.39 is 23.0 Å². The molecule has 0 spiro atoms. The van der Waals surface area contributed by atoms with Crippen LogP contribution >= 0.6 is 11.6 Å².